The molecule has 3 rings (SSSR count). The molecule has 1 saturated heterocycles. The van der Waals surface area contributed by atoms with E-state index in [1.165, 1.54) is 0 Å². The number of nitrogens with zero attached hydrogens (tertiary/aromatic N) is 1. The third kappa shape index (κ3) is 2.20. The number of ether oxygens (including phenoxy) is 1. The molecule has 0 amide bonds. The second kappa shape index (κ2) is 4.63. The van der Waals surface area contributed by atoms with Crippen molar-refractivity contribution in [3.63, 3.8) is 0 Å². The van der Waals surface area contributed by atoms with Gasteiger partial charge in [-0.05, 0) is 51.5 Å². The van der Waals surface area contributed by atoms with Crippen LogP contribution < -0.4 is 11.1 Å². The predicted molar refractivity (Wildman–Crippen MR) is 83.0 cm³/mol. The summed E-state index contributed by atoms with van der Waals surface area (Å²) in [4.78, 5) is 4.57. The lowest BCUT2D eigenvalue weighted by molar-refractivity contribution is 0.105. The van der Waals surface area contributed by atoms with Gasteiger partial charge in [0.15, 0.2) is 0 Å². The van der Waals surface area contributed by atoms with Gasteiger partial charge in [-0.15, -0.1) is 0 Å². The molecule has 0 saturated carbocycles. The maximum atomic E-state index is 5.92. The van der Waals surface area contributed by atoms with Gasteiger partial charge < -0.3 is 15.8 Å². The average molecular weight is 271 g/mol. The Morgan fingerprint density at radius 1 is 1.40 bits per heavy atom. The molecule has 20 heavy (non-hydrogen) atoms. The molecule has 2 heterocycles. The zero-order chi connectivity index (χ0) is 14.3. The highest BCUT2D eigenvalue weighted by atomic mass is 16.5. The van der Waals surface area contributed by atoms with E-state index < -0.39 is 0 Å². The number of pyridine rings is 1. The molecule has 0 aliphatic carbocycles. The summed E-state index contributed by atoms with van der Waals surface area (Å²) >= 11 is 0. The zero-order valence-electron chi connectivity index (χ0n) is 12.2. The second-order valence-corrected chi connectivity index (χ2v) is 5.89. The highest BCUT2D eigenvalue weighted by molar-refractivity contribution is 5.93. The summed E-state index contributed by atoms with van der Waals surface area (Å²) in [6.07, 6.45) is 1.19. The Hall–Kier alpha value is -1.81. The van der Waals surface area contributed by atoms with E-state index in [1.807, 2.05) is 25.1 Å². The lowest BCUT2D eigenvalue weighted by Crippen LogP contribution is -2.41. The lowest BCUT2D eigenvalue weighted by atomic mass is 9.94. The van der Waals surface area contributed by atoms with Crippen LogP contribution in [0, 0.1) is 6.92 Å². The molecule has 4 heteroatoms. The maximum absolute atomic E-state index is 5.92. The molecule has 2 unspecified atom stereocenters. The first-order chi connectivity index (χ1) is 9.48. The van der Waals surface area contributed by atoms with Crippen molar-refractivity contribution in [2.24, 2.45) is 0 Å². The number of nitrogen functional groups attached to an aromatic ring is 1. The van der Waals surface area contributed by atoms with Gasteiger partial charge in [0.2, 0.25) is 0 Å². The number of hydrogen-bond acceptors (Lipinski definition) is 4. The molecule has 0 radical (unpaired) electrons. The number of aryl methyl sites for hydroxylation is 1. The fraction of sp³-hybridized carbons (Fsp3) is 0.438. The van der Waals surface area contributed by atoms with Gasteiger partial charge >= 0.3 is 0 Å². The number of fused-ring (bicyclic) bond motifs is 1. The molecule has 3 N–H and O–H groups in total. The van der Waals surface area contributed by atoms with Crippen molar-refractivity contribution in [3.05, 3.63) is 30.0 Å². The Labute approximate surface area is 119 Å². The predicted octanol–water partition coefficient (Wildman–Crippen LogP) is 3.10. The molecule has 0 bridgehead atoms. The number of nitrogens with two attached hydrogens (primary N) is 1. The van der Waals surface area contributed by atoms with Gasteiger partial charge in [-0.1, -0.05) is 0 Å². The first-order valence-corrected chi connectivity index (χ1v) is 7.05. The molecule has 106 valence electrons. The van der Waals surface area contributed by atoms with Crippen LogP contribution in [-0.2, 0) is 4.74 Å². The third-order valence-corrected chi connectivity index (χ3v) is 4.27. The molecule has 1 aromatic carbocycles. The van der Waals surface area contributed by atoms with Crippen molar-refractivity contribution in [2.45, 2.75) is 38.8 Å². The monoisotopic (exact) mass is 271 g/mol. The molecule has 1 aliphatic heterocycles. The summed E-state index contributed by atoms with van der Waals surface area (Å²) in [5.74, 6) is 0. The van der Waals surface area contributed by atoms with Crippen molar-refractivity contribution in [1.82, 2.24) is 4.98 Å². The quantitative estimate of drug-likeness (QED) is 0.824. The molecule has 1 fully saturated rings. The van der Waals surface area contributed by atoms with E-state index in [9.17, 15) is 0 Å². The number of hydrogen-bond donors (Lipinski definition) is 2. The maximum Gasteiger partial charge on any atom is 0.0774 e. The fourth-order valence-corrected chi connectivity index (χ4v) is 2.79. The molecule has 2 atom stereocenters. The first-order valence-electron chi connectivity index (χ1n) is 7.05. The Balaban J connectivity index is 2.08. The Kier molecular flexibility index (Phi) is 3.05. The minimum atomic E-state index is -0.0503. The highest BCUT2D eigenvalue weighted by Crippen LogP contribution is 2.33. The minimum Gasteiger partial charge on any atom is -0.399 e. The smallest absolute Gasteiger partial charge is 0.0774 e. The lowest BCUT2D eigenvalue weighted by Gasteiger charge is -2.31. The standard InChI is InChI=1S/C16H21N3O/c1-10-8-15(19-16(3)6-7-20-11(16)2)13-9-12(17)4-5-14(13)18-10/h4-5,8-9,11H,6-7,17H2,1-3H3,(H,18,19). The molecular weight excluding hydrogens is 250 g/mol. The topological polar surface area (TPSA) is 60.2 Å². The number of nitrogens with one attached hydrogen (secondary N) is 1. The number of benzene rings is 1. The molecule has 2 aromatic rings. The van der Waals surface area contributed by atoms with E-state index in [1.54, 1.807) is 0 Å². The van der Waals surface area contributed by atoms with Gasteiger partial charge in [0.05, 0.1) is 17.2 Å². The number of aromatic nitrogens is 1. The summed E-state index contributed by atoms with van der Waals surface area (Å²) < 4.78 is 5.70. The summed E-state index contributed by atoms with van der Waals surface area (Å²) in [5.41, 5.74) is 9.68. The van der Waals surface area contributed by atoms with Crippen LogP contribution in [0.4, 0.5) is 11.4 Å². The van der Waals surface area contributed by atoms with Gasteiger partial charge in [0.1, 0.15) is 0 Å². The van der Waals surface area contributed by atoms with Crippen LogP contribution in [0.25, 0.3) is 10.9 Å². The summed E-state index contributed by atoms with van der Waals surface area (Å²) in [6, 6.07) is 7.92. The SMILES string of the molecule is Cc1cc(NC2(C)CCOC2C)c2cc(N)ccc2n1. The fourth-order valence-electron chi connectivity index (χ4n) is 2.79. The van der Waals surface area contributed by atoms with Gasteiger partial charge in [-0.3, -0.25) is 4.98 Å². The number of rotatable bonds is 2. The Morgan fingerprint density at radius 2 is 2.20 bits per heavy atom. The van der Waals surface area contributed by atoms with Gasteiger partial charge in [-0.25, -0.2) is 0 Å². The Morgan fingerprint density at radius 3 is 2.90 bits per heavy atom. The van der Waals surface area contributed by atoms with Crippen molar-refractivity contribution < 1.29 is 4.74 Å². The van der Waals surface area contributed by atoms with Crippen LogP contribution in [-0.4, -0.2) is 23.2 Å². The third-order valence-electron chi connectivity index (χ3n) is 4.27. The van der Waals surface area contributed by atoms with Crippen molar-refractivity contribution in [3.8, 4) is 0 Å². The van der Waals surface area contributed by atoms with E-state index in [2.05, 4.69) is 30.2 Å². The number of anilines is 2. The molecular formula is C16H21N3O. The zero-order valence-corrected chi connectivity index (χ0v) is 12.2. The first kappa shape index (κ1) is 13.2. The normalized spacial score (nSPS) is 26.1. The minimum absolute atomic E-state index is 0.0503. The van der Waals surface area contributed by atoms with Crippen molar-refractivity contribution in [1.29, 1.82) is 0 Å². The largest absolute Gasteiger partial charge is 0.399 e. The van der Waals surface area contributed by atoms with E-state index >= 15 is 0 Å². The van der Waals surface area contributed by atoms with Crippen LogP contribution in [0.3, 0.4) is 0 Å². The van der Waals surface area contributed by atoms with Crippen LogP contribution >= 0.6 is 0 Å². The van der Waals surface area contributed by atoms with Crippen LogP contribution in [0.15, 0.2) is 24.3 Å². The molecule has 4 nitrogen and oxygen atoms in total. The van der Waals surface area contributed by atoms with E-state index in [-0.39, 0.29) is 11.6 Å². The van der Waals surface area contributed by atoms with Crippen molar-refractivity contribution >= 4 is 22.3 Å². The summed E-state index contributed by atoms with van der Waals surface area (Å²) in [6.45, 7) is 7.13. The van der Waals surface area contributed by atoms with Gasteiger partial charge in [0.25, 0.3) is 0 Å². The average Bonchev–Trinajstić information content (AvgIpc) is 2.70. The van der Waals surface area contributed by atoms with E-state index in [0.29, 0.717) is 0 Å². The van der Waals surface area contributed by atoms with E-state index in [0.717, 1.165) is 41.0 Å². The summed E-state index contributed by atoms with van der Waals surface area (Å²) in [5, 5.41) is 4.72. The van der Waals surface area contributed by atoms with Gasteiger partial charge in [0, 0.05) is 29.1 Å². The highest BCUT2D eigenvalue weighted by Gasteiger charge is 2.37. The molecule has 0 spiro atoms. The van der Waals surface area contributed by atoms with Gasteiger partial charge in [-0.2, -0.15) is 0 Å². The molecule has 1 aliphatic rings. The Bertz CT molecular complexity index is 655. The van der Waals surface area contributed by atoms with Crippen LogP contribution in [0.2, 0.25) is 0 Å². The molecule has 1 aromatic heterocycles. The van der Waals surface area contributed by atoms with Crippen LogP contribution in [0.1, 0.15) is 26.0 Å². The second-order valence-electron chi connectivity index (χ2n) is 5.89. The van der Waals surface area contributed by atoms with E-state index in [4.69, 9.17) is 10.5 Å². The summed E-state index contributed by atoms with van der Waals surface area (Å²) in [7, 11) is 0. The van der Waals surface area contributed by atoms with Crippen molar-refractivity contribution in [2.75, 3.05) is 17.7 Å². The van der Waals surface area contributed by atoms with Crippen LogP contribution in [0.5, 0.6) is 0 Å².